The second-order valence-corrected chi connectivity index (χ2v) is 1.63. The SMILES string of the molecule is O/N=C/c1ccnnc1OO. The molecule has 0 radical (unpaired) electrons. The summed E-state index contributed by atoms with van der Waals surface area (Å²) in [4.78, 5) is 3.82. The van der Waals surface area contributed by atoms with Gasteiger partial charge in [-0.15, -0.1) is 5.10 Å². The highest BCUT2D eigenvalue weighted by Gasteiger charge is 2.01. The first kappa shape index (κ1) is 7.42. The maximum absolute atomic E-state index is 8.20. The second kappa shape index (κ2) is 3.47. The molecule has 1 rings (SSSR count). The zero-order chi connectivity index (χ0) is 8.10. The third-order valence-electron chi connectivity index (χ3n) is 1.000. The normalized spacial score (nSPS) is 10.3. The molecule has 0 spiro atoms. The van der Waals surface area contributed by atoms with Gasteiger partial charge in [0.2, 0.25) is 0 Å². The molecule has 6 heteroatoms. The van der Waals surface area contributed by atoms with Gasteiger partial charge in [0.15, 0.2) is 0 Å². The van der Waals surface area contributed by atoms with Gasteiger partial charge in [-0.2, -0.15) is 5.10 Å². The molecule has 0 atom stereocenters. The van der Waals surface area contributed by atoms with Crippen LogP contribution in [0, 0.1) is 0 Å². The molecule has 1 aromatic heterocycles. The van der Waals surface area contributed by atoms with Crippen LogP contribution < -0.4 is 4.89 Å². The Labute approximate surface area is 61.7 Å². The summed E-state index contributed by atoms with van der Waals surface area (Å²) < 4.78 is 0. The molecular formula is C5H5N3O3. The van der Waals surface area contributed by atoms with Gasteiger partial charge < -0.3 is 10.1 Å². The van der Waals surface area contributed by atoms with E-state index in [0.29, 0.717) is 5.56 Å². The Morgan fingerprint density at radius 3 is 3.09 bits per heavy atom. The summed E-state index contributed by atoms with van der Waals surface area (Å²) in [5, 5.41) is 25.9. The van der Waals surface area contributed by atoms with Crippen LogP contribution >= 0.6 is 0 Å². The molecule has 0 fully saturated rings. The summed E-state index contributed by atoms with van der Waals surface area (Å²) in [5.74, 6) is -0.106. The fourth-order valence-corrected chi connectivity index (χ4v) is 0.560. The number of nitrogens with zero attached hydrogens (tertiary/aromatic N) is 3. The Kier molecular flexibility index (Phi) is 2.34. The molecule has 0 amide bonds. The summed E-state index contributed by atoms with van der Waals surface area (Å²) >= 11 is 0. The summed E-state index contributed by atoms with van der Waals surface area (Å²) in [6.07, 6.45) is 2.44. The van der Waals surface area contributed by atoms with E-state index in [1.165, 1.54) is 12.3 Å². The van der Waals surface area contributed by atoms with E-state index in [-0.39, 0.29) is 5.88 Å². The Morgan fingerprint density at radius 1 is 1.64 bits per heavy atom. The van der Waals surface area contributed by atoms with Gasteiger partial charge in [-0.05, 0) is 6.07 Å². The molecule has 11 heavy (non-hydrogen) atoms. The van der Waals surface area contributed by atoms with Crippen LogP contribution in [0.1, 0.15) is 5.56 Å². The molecule has 0 bridgehead atoms. The highest BCUT2D eigenvalue weighted by atomic mass is 17.1. The molecule has 0 aliphatic carbocycles. The van der Waals surface area contributed by atoms with Crippen LogP contribution in [0.5, 0.6) is 5.88 Å². The van der Waals surface area contributed by atoms with Crippen molar-refractivity contribution in [1.29, 1.82) is 0 Å². The molecule has 0 saturated carbocycles. The van der Waals surface area contributed by atoms with E-state index in [1.807, 2.05) is 0 Å². The smallest absolute Gasteiger partial charge is 0.283 e. The summed E-state index contributed by atoms with van der Waals surface area (Å²) in [7, 11) is 0. The van der Waals surface area contributed by atoms with Crippen molar-refractivity contribution >= 4 is 6.21 Å². The van der Waals surface area contributed by atoms with Crippen molar-refractivity contribution in [2.45, 2.75) is 0 Å². The van der Waals surface area contributed by atoms with E-state index in [0.717, 1.165) is 6.21 Å². The molecule has 0 aliphatic rings. The molecule has 6 nitrogen and oxygen atoms in total. The number of aromatic nitrogens is 2. The summed E-state index contributed by atoms with van der Waals surface area (Å²) in [5.41, 5.74) is 0.338. The molecule has 0 unspecified atom stereocenters. The standard InChI is InChI=1S/C5H5N3O3/c9-7-3-4-1-2-6-8-5(4)11-10/h1-3,9-10H/b7-3+. The van der Waals surface area contributed by atoms with Crippen LogP contribution in [-0.4, -0.2) is 26.9 Å². The zero-order valence-corrected chi connectivity index (χ0v) is 5.38. The minimum atomic E-state index is -0.106. The number of hydrogen-bond acceptors (Lipinski definition) is 6. The molecule has 2 N–H and O–H groups in total. The lowest BCUT2D eigenvalue weighted by molar-refractivity contribution is -0.142. The van der Waals surface area contributed by atoms with Crippen LogP contribution in [0.25, 0.3) is 0 Å². The van der Waals surface area contributed by atoms with Gasteiger partial charge in [-0.3, -0.25) is 0 Å². The second-order valence-electron chi connectivity index (χ2n) is 1.63. The minimum absolute atomic E-state index is 0.106. The van der Waals surface area contributed by atoms with E-state index in [2.05, 4.69) is 20.2 Å². The molecule has 0 aromatic carbocycles. The predicted octanol–water partition coefficient (Wildman–Crippen LogP) is 0.136. The maximum Gasteiger partial charge on any atom is 0.283 e. The minimum Gasteiger partial charge on any atom is -0.411 e. The highest BCUT2D eigenvalue weighted by Crippen LogP contribution is 2.08. The third-order valence-corrected chi connectivity index (χ3v) is 1.000. The lowest BCUT2D eigenvalue weighted by Crippen LogP contribution is -1.95. The van der Waals surface area contributed by atoms with Gasteiger partial charge in [-0.25, -0.2) is 5.26 Å². The number of oxime groups is 1. The van der Waals surface area contributed by atoms with Crippen molar-refractivity contribution in [3.8, 4) is 5.88 Å². The van der Waals surface area contributed by atoms with Gasteiger partial charge >= 0.3 is 0 Å². The molecule has 0 aliphatic heterocycles. The van der Waals surface area contributed by atoms with E-state index in [1.54, 1.807) is 0 Å². The quantitative estimate of drug-likeness (QED) is 0.274. The molecule has 58 valence electrons. The average Bonchev–Trinajstić information content (AvgIpc) is 2.06. The first-order valence-corrected chi connectivity index (χ1v) is 2.69. The number of hydrogen-bond donors (Lipinski definition) is 2. The largest absolute Gasteiger partial charge is 0.411 e. The zero-order valence-electron chi connectivity index (χ0n) is 5.38. The van der Waals surface area contributed by atoms with Gasteiger partial charge in [0, 0.05) is 0 Å². The van der Waals surface area contributed by atoms with Crippen molar-refractivity contribution in [2.75, 3.05) is 0 Å². The fraction of sp³-hybridized carbons (Fsp3) is 0. The Bertz CT molecular complexity index is 263. The van der Waals surface area contributed by atoms with Gasteiger partial charge in [-0.1, -0.05) is 5.16 Å². The number of rotatable bonds is 2. The van der Waals surface area contributed by atoms with E-state index in [4.69, 9.17) is 10.5 Å². The van der Waals surface area contributed by atoms with Crippen molar-refractivity contribution in [2.24, 2.45) is 5.16 Å². The lowest BCUT2D eigenvalue weighted by atomic mass is 10.3. The lowest BCUT2D eigenvalue weighted by Gasteiger charge is -1.95. The van der Waals surface area contributed by atoms with Gasteiger partial charge in [0.1, 0.15) is 0 Å². The molecule has 0 saturated heterocycles. The van der Waals surface area contributed by atoms with Crippen LogP contribution in [0.2, 0.25) is 0 Å². The van der Waals surface area contributed by atoms with E-state index >= 15 is 0 Å². The van der Waals surface area contributed by atoms with E-state index in [9.17, 15) is 0 Å². The third kappa shape index (κ3) is 1.62. The fourth-order valence-electron chi connectivity index (χ4n) is 0.560. The monoisotopic (exact) mass is 155 g/mol. The first-order valence-electron chi connectivity index (χ1n) is 2.69. The van der Waals surface area contributed by atoms with Crippen molar-refractivity contribution in [1.82, 2.24) is 10.2 Å². The molecule has 1 heterocycles. The first-order chi connectivity index (χ1) is 5.38. The average molecular weight is 155 g/mol. The Morgan fingerprint density at radius 2 is 2.45 bits per heavy atom. The van der Waals surface area contributed by atoms with Crippen LogP contribution in [-0.2, 0) is 0 Å². The predicted molar refractivity (Wildman–Crippen MR) is 34.7 cm³/mol. The summed E-state index contributed by atoms with van der Waals surface area (Å²) in [6.45, 7) is 0. The van der Waals surface area contributed by atoms with Crippen molar-refractivity contribution in [3.05, 3.63) is 17.8 Å². The van der Waals surface area contributed by atoms with Gasteiger partial charge in [0.05, 0.1) is 18.0 Å². The Balaban J connectivity index is 3.02. The van der Waals surface area contributed by atoms with Crippen LogP contribution in [0.4, 0.5) is 0 Å². The van der Waals surface area contributed by atoms with Crippen LogP contribution in [0.15, 0.2) is 17.4 Å². The molecular weight excluding hydrogens is 150 g/mol. The highest BCUT2D eigenvalue weighted by molar-refractivity contribution is 5.81. The van der Waals surface area contributed by atoms with Crippen molar-refractivity contribution < 1.29 is 15.4 Å². The van der Waals surface area contributed by atoms with Crippen LogP contribution in [0.3, 0.4) is 0 Å². The van der Waals surface area contributed by atoms with E-state index < -0.39 is 0 Å². The topological polar surface area (TPSA) is 87.8 Å². The summed E-state index contributed by atoms with van der Waals surface area (Å²) in [6, 6.07) is 1.47. The van der Waals surface area contributed by atoms with Gasteiger partial charge in [0.25, 0.3) is 5.88 Å². The molecule has 1 aromatic rings. The maximum atomic E-state index is 8.20. The van der Waals surface area contributed by atoms with Crippen molar-refractivity contribution in [3.63, 3.8) is 0 Å². The Hall–Kier alpha value is -1.69.